The molecule has 122 valence electrons. The molecule has 2 aromatic heterocycles. The Morgan fingerprint density at radius 3 is 2.71 bits per heavy atom. The van der Waals surface area contributed by atoms with Crippen molar-refractivity contribution in [3.63, 3.8) is 0 Å². The highest BCUT2D eigenvalue weighted by atomic mass is 32.2. The molecule has 0 aliphatic rings. The normalized spacial score (nSPS) is 10.5. The largest absolute Gasteiger partial charge is 0.306 e. The molecule has 8 heteroatoms. The van der Waals surface area contributed by atoms with Gasteiger partial charge in [0.2, 0.25) is 11.0 Å². The quantitative estimate of drug-likeness (QED) is 0.541. The molecule has 0 aliphatic heterocycles. The average Bonchev–Trinajstić information content (AvgIpc) is 3.03. The van der Waals surface area contributed by atoms with Crippen molar-refractivity contribution in [2.45, 2.75) is 16.6 Å². The van der Waals surface area contributed by atoms with Crippen LogP contribution in [0.5, 0.6) is 0 Å². The summed E-state index contributed by atoms with van der Waals surface area (Å²) in [4.78, 5) is 23.6. The summed E-state index contributed by atoms with van der Waals surface area (Å²) in [6, 6.07) is 14.8. The first kappa shape index (κ1) is 16.4. The molecule has 0 radical (unpaired) electrons. The van der Waals surface area contributed by atoms with Crippen LogP contribution in [0.2, 0.25) is 0 Å². The highest BCUT2D eigenvalue weighted by Gasteiger charge is 2.09. The predicted octanol–water partition coefficient (Wildman–Crippen LogP) is 2.63. The minimum absolute atomic E-state index is 0.0499. The molecule has 1 aromatic carbocycles. The van der Waals surface area contributed by atoms with Gasteiger partial charge in [0.05, 0.1) is 0 Å². The topological polar surface area (TPSA) is 76.9 Å². The summed E-state index contributed by atoms with van der Waals surface area (Å²) in [7, 11) is 0. The van der Waals surface area contributed by atoms with Crippen molar-refractivity contribution in [1.29, 1.82) is 0 Å². The Kier molecular flexibility index (Phi) is 5.39. The molecule has 0 unspecified atom stereocenters. The Morgan fingerprint density at radius 1 is 1.12 bits per heavy atom. The number of carbonyl (C=O) groups excluding carboxylic acids is 1. The van der Waals surface area contributed by atoms with E-state index < -0.39 is 0 Å². The van der Waals surface area contributed by atoms with Crippen LogP contribution in [-0.2, 0) is 17.1 Å². The number of benzene rings is 1. The van der Waals surface area contributed by atoms with Crippen LogP contribution in [-0.4, -0.2) is 20.7 Å². The van der Waals surface area contributed by atoms with E-state index in [0.717, 1.165) is 10.1 Å². The third-order valence-corrected chi connectivity index (χ3v) is 5.11. The van der Waals surface area contributed by atoms with Crippen LogP contribution in [0.25, 0.3) is 0 Å². The maximum atomic E-state index is 12.0. The molecule has 0 saturated carbocycles. The van der Waals surface area contributed by atoms with Gasteiger partial charge in [0.25, 0.3) is 5.56 Å². The van der Waals surface area contributed by atoms with Gasteiger partial charge in [0.15, 0.2) is 4.34 Å². The van der Waals surface area contributed by atoms with Crippen LogP contribution < -0.4 is 10.9 Å². The zero-order chi connectivity index (χ0) is 16.8. The van der Waals surface area contributed by atoms with E-state index in [1.807, 2.05) is 30.3 Å². The Morgan fingerprint density at radius 2 is 1.92 bits per heavy atom. The monoisotopic (exact) mass is 358 g/mol. The van der Waals surface area contributed by atoms with Gasteiger partial charge in [-0.05, 0) is 11.6 Å². The summed E-state index contributed by atoms with van der Waals surface area (Å²) >= 11 is 2.88. The number of nitrogens with one attached hydrogen (secondary N) is 1. The average molecular weight is 358 g/mol. The summed E-state index contributed by atoms with van der Waals surface area (Å²) in [6.45, 7) is -0.0499. The van der Waals surface area contributed by atoms with Crippen molar-refractivity contribution in [3.05, 3.63) is 70.6 Å². The summed E-state index contributed by atoms with van der Waals surface area (Å²) < 4.78 is 2.12. The van der Waals surface area contributed by atoms with E-state index >= 15 is 0 Å². The molecular formula is C16H14N4O2S2. The molecule has 0 saturated heterocycles. The number of anilines is 1. The molecule has 6 nitrogen and oxygen atoms in total. The number of nitrogens with zero attached hydrogens (tertiary/aromatic N) is 3. The van der Waals surface area contributed by atoms with Crippen molar-refractivity contribution >= 4 is 34.1 Å². The molecule has 2 heterocycles. The standard InChI is InChI=1S/C16H14N4O2S2/c21-13(10-20-9-5-4-8-14(20)22)17-15-18-19-16(24-15)23-11-12-6-2-1-3-7-12/h1-9H,10-11H2,(H,17,18,21). The summed E-state index contributed by atoms with van der Waals surface area (Å²) in [5.74, 6) is 0.488. The number of pyridine rings is 1. The predicted molar refractivity (Wildman–Crippen MR) is 95.2 cm³/mol. The first-order valence-electron chi connectivity index (χ1n) is 7.16. The van der Waals surface area contributed by atoms with Crippen LogP contribution in [0, 0.1) is 0 Å². The lowest BCUT2D eigenvalue weighted by atomic mass is 10.2. The summed E-state index contributed by atoms with van der Waals surface area (Å²) in [5.41, 5.74) is 0.982. The highest BCUT2D eigenvalue weighted by Crippen LogP contribution is 2.28. The molecule has 0 spiro atoms. The Hall–Kier alpha value is -2.45. The number of rotatable bonds is 6. The van der Waals surface area contributed by atoms with Crippen molar-refractivity contribution in [3.8, 4) is 0 Å². The maximum absolute atomic E-state index is 12.0. The molecule has 0 bridgehead atoms. The smallest absolute Gasteiger partial charge is 0.250 e. The number of thioether (sulfide) groups is 1. The first-order valence-corrected chi connectivity index (χ1v) is 8.96. The van der Waals surface area contributed by atoms with E-state index in [9.17, 15) is 9.59 Å². The number of hydrogen-bond donors (Lipinski definition) is 1. The van der Waals surface area contributed by atoms with Crippen LogP contribution in [0.15, 0.2) is 63.9 Å². The van der Waals surface area contributed by atoms with Gasteiger partial charge in [-0.3, -0.25) is 14.9 Å². The second-order valence-electron chi connectivity index (χ2n) is 4.86. The second kappa shape index (κ2) is 7.89. The first-order chi connectivity index (χ1) is 11.7. The molecule has 3 aromatic rings. The van der Waals surface area contributed by atoms with Gasteiger partial charge in [-0.2, -0.15) is 0 Å². The number of hydrogen-bond acceptors (Lipinski definition) is 6. The lowest BCUT2D eigenvalue weighted by Gasteiger charge is -2.03. The van der Waals surface area contributed by atoms with E-state index in [1.54, 1.807) is 30.1 Å². The van der Waals surface area contributed by atoms with Gasteiger partial charge in [0, 0.05) is 18.0 Å². The van der Waals surface area contributed by atoms with Gasteiger partial charge in [0.1, 0.15) is 6.54 Å². The second-order valence-corrected chi connectivity index (χ2v) is 7.06. The van der Waals surface area contributed by atoms with E-state index in [-0.39, 0.29) is 18.0 Å². The van der Waals surface area contributed by atoms with Gasteiger partial charge < -0.3 is 4.57 Å². The molecule has 1 amide bonds. The van der Waals surface area contributed by atoms with E-state index in [1.165, 1.54) is 27.5 Å². The molecular weight excluding hydrogens is 344 g/mol. The molecule has 24 heavy (non-hydrogen) atoms. The fourth-order valence-electron chi connectivity index (χ4n) is 1.94. The zero-order valence-electron chi connectivity index (χ0n) is 12.6. The molecule has 0 fully saturated rings. The maximum Gasteiger partial charge on any atom is 0.250 e. The van der Waals surface area contributed by atoms with Crippen LogP contribution >= 0.6 is 23.1 Å². The van der Waals surface area contributed by atoms with E-state index in [4.69, 9.17) is 0 Å². The molecule has 0 atom stereocenters. The van der Waals surface area contributed by atoms with Gasteiger partial charge in [-0.1, -0.05) is 59.5 Å². The third-order valence-electron chi connectivity index (χ3n) is 3.07. The van der Waals surface area contributed by atoms with Crippen molar-refractivity contribution < 1.29 is 4.79 Å². The SMILES string of the molecule is O=C(Cn1ccccc1=O)Nc1nnc(SCc2ccccc2)s1. The van der Waals surface area contributed by atoms with E-state index in [2.05, 4.69) is 15.5 Å². The number of amides is 1. The Labute approximate surface area is 146 Å². The zero-order valence-corrected chi connectivity index (χ0v) is 14.2. The minimum Gasteiger partial charge on any atom is -0.306 e. The van der Waals surface area contributed by atoms with Gasteiger partial charge >= 0.3 is 0 Å². The van der Waals surface area contributed by atoms with Gasteiger partial charge in [-0.15, -0.1) is 10.2 Å². The summed E-state index contributed by atoms with van der Waals surface area (Å²) in [5, 5.41) is 11.1. The van der Waals surface area contributed by atoms with Crippen molar-refractivity contribution in [2.75, 3.05) is 5.32 Å². The lowest BCUT2D eigenvalue weighted by Crippen LogP contribution is -2.26. The van der Waals surface area contributed by atoms with E-state index in [0.29, 0.717) is 5.13 Å². The molecule has 1 N–H and O–H groups in total. The Bertz CT molecular complexity index is 877. The Balaban J connectivity index is 1.55. The minimum atomic E-state index is -0.306. The highest BCUT2D eigenvalue weighted by molar-refractivity contribution is 8.00. The van der Waals surface area contributed by atoms with Crippen LogP contribution in [0.4, 0.5) is 5.13 Å². The van der Waals surface area contributed by atoms with Crippen LogP contribution in [0.3, 0.4) is 0 Å². The fourth-order valence-corrected chi connectivity index (χ4v) is 3.67. The van der Waals surface area contributed by atoms with Gasteiger partial charge in [-0.25, -0.2) is 0 Å². The van der Waals surface area contributed by atoms with Crippen molar-refractivity contribution in [2.24, 2.45) is 0 Å². The van der Waals surface area contributed by atoms with Crippen LogP contribution in [0.1, 0.15) is 5.56 Å². The number of aromatic nitrogens is 3. The van der Waals surface area contributed by atoms with Crippen molar-refractivity contribution in [1.82, 2.24) is 14.8 Å². The fraction of sp³-hybridized carbons (Fsp3) is 0.125. The number of carbonyl (C=O) groups is 1. The lowest BCUT2D eigenvalue weighted by molar-refractivity contribution is -0.116. The summed E-state index contributed by atoms with van der Waals surface area (Å²) in [6.07, 6.45) is 1.57. The third kappa shape index (κ3) is 4.53. The molecule has 0 aliphatic carbocycles. The molecule has 3 rings (SSSR count).